The second kappa shape index (κ2) is 5.18. The number of rotatable bonds is 4. The van der Waals surface area contributed by atoms with Crippen LogP contribution in [0.3, 0.4) is 0 Å². The molecule has 5 heteroatoms. The van der Waals surface area contributed by atoms with Crippen molar-refractivity contribution in [1.29, 1.82) is 0 Å². The molecule has 18 heavy (non-hydrogen) atoms. The summed E-state index contributed by atoms with van der Waals surface area (Å²) < 4.78 is 5.35. The molecule has 1 aromatic heterocycles. The van der Waals surface area contributed by atoms with Crippen molar-refractivity contribution < 1.29 is 4.74 Å². The van der Waals surface area contributed by atoms with Gasteiger partial charge in [0.2, 0.25) is 0 Å². The monoisotopic (exact) mass is 244 g/mol. The fourth-order valence-electron chi connectivity index (χ4n) is 2.07. The number of aromatic nitrogens is 3. The van der Waals surface area contributed by atoms with E-state index >= 15 is 0 Å². The van der Waals surface area contributed by atoms with Crippen molar-refractivity contribution >= 4 is 5.69 Å². The average molecular weight is 244 g/mol. The molecular weight excluding hydrogens is 228 g/mol. The summed E-state index contributed by atoms with van der Waals surface area (Å²) in [6, 6.07) is 8.12. The zero-order chi connectivity index (χ0) is 12.2. The Morgan fingerprint density at radius 2 is 2.00 bits per heavy atom. The van der Waals surface area contributed by atoms with Crippen molar-refractivity contribution in [2.45, 2.75) is 6.42 Å². The first-order chi connectivity index (χ1) is 8.92. The van der Waals surface area contributed by atoms with Gasteiger partial charge in [0, 0.05) is 24.8 Å². The fraction of sp³-hybridized carbons (Fsp3) is 0.385. The third-order valence-corrected chi connectivity index (χ3v) is 3.14. The topological polar surface area (TPSA) is 52.0 Å². The molecule has 1 fully saturated rings. The largest absolute Gasteiger partial charge is 0.385 e. The quantitative estimate of drug-likeness (QED) is 0.889. The van der Waals surface area contributed by atoms with Crippen LogP contribution in [0.1, 0.15) is 6.42 Å². The molecule has 0 radical (unpaired) electrons. The molecule has 1 aliphatic heterocycles. The summed E-state index contributed by atoms with van der Waals surface area (Å²) in [6.07, 6.45) is 4.50. The van der Waals surface area contributed by atoms with Crippen LogP contribution in [-0.4, -0.2) is 34.8 Å². The fourth-order valence-corrected chi connectivity index (χ4v) is 2.07. The first kappa shape index (κ1) is 11.2. The highest BCUT2D eigenvalue weighted by Crippen LogP contribution is 2.15. The first-order valence-electron chi connectivity index (χ1n) is 6.20. The Morgan fingerprint density at radius 3 is 2.67 bits per heavy atom. The molecule has 2 heterocycles. The van der Waals surface area contributed by atoms with Crippen molar-refractivity contribution in [2.24, 2.45) is 5.92 Å². The molecule has 1 aromatic carbocycles. The van der Waals surface area contributed by atoms with Gasteiger partial charge in [-0.15, -0.1) is 0 Å². The van der Waals surface area contributed by atoms with E-state index in [4.69, 9.17) is 4.74 Å². The highest BCUT2D eigenvalue weighted by molar-refractivity contribution is 5.48. The van der Waals surface area contributed by atoms with Gasteiger partial charge in [-0.25, -0.2) is 0 Å². The molecule has 3 rings (SSSR count). The van der Waals surface area contributed by atoms with E-state index in [-0.39, 0.29) is 0 Å². The van der Waals surface area contributed by atoms with Gasteiger partial charge in [-0.1, -0.05) is 0 Å². The number of ether oxygens (including phenoxy) is 1. The Labute approximate surface area is 106 Å². The van der Waals surface area contributed by atoms with Crippen LogP contribution in [0.2, 0.25) is 0 Å². The van der Waals surface area contributed by atoms with Gasteiger partial charge in [-0.3, -0.25) is 0 Å². The Balaban J connectivity index is 1.60. The van der Waals surface area contributed by atoms with Crippen molar-refractivity contribution in [3.05, 3.63) is 36.7 Å². The number of anilines is 1. The summed E-state index contributed by atoms with van der Waals surface area (Å²) in [5, 5.41) is 11.6. The normalized spacial score (nSPS) is 19.0. The summed E-state index contributed by atoms with van der Waals surface area (Å²) in [5.41, 5.74) is 2.09. The van der Waals surface area contributed by atoms with E-state index in [1.807, 2.05) is 12.1 Å². The van der Waals surface area contributed by atoms with Gasteiger partial charge >= 0.3 is 0 Å². The summed E-state index contributed by atoms with van der Waals surface area (Å²) in [4.78, 5) is 1.61. The molecule has 0 aliphatic carbocycles. The van der Waals surface area contributed by atoms with E-state index in [9.17, 15) is 0 Å². The Bertz CT molecular complexity index is 474. The highest BCUT2D eigenvalue weighted by atomic mass is 16.5. The average Bonchev–Trinajstić information content (AvgIpc) is 3.10. The van der Waals surface area contributed by atoms with E-state index in [1.165, 1.54) is 0 Å². The Hall–Kier alpha value is -1.88. The molecule has 0 amide bonds. The van der Waals surface area contributed by atoms with Gasteiger partial charge in [0.05, 0.1) is 24.7 Å². The van der Waals surface area contributed by atoms with Crippen molar-refractivity contribution in [3.63, 3.8) is 0 Å². The number of hydrogen-bond donors (Lipinski definition) is 1. The minimum absolute atomic E-state index is 0.637. The minimum atomic E-state index is 0.637. The third kappa shape index (κ3) is 2.51. The number of nitrogens with one attached hydrogen (secondary N) is 1. The van der Waals surface area contributed by atoms with Gasteiger partial charge < -0.3 is 10.1 Å². The maximum Gasteiger partial charge on any atom is 0.0858 e. The zero-order valence-electron chi connectivity index (χ0n) is 10.1. The second-order valence-electron chi connectivity index (χ2n) is 4.48. The lowest BCUT2D eigenvalue weighted by Gasteiger charge is -2.11. The molecule has 94 valence electrons. The lowest BCUT2D eigenvalue weighted by molar-refractivity contribution is 0.187. The molecular formula is C13H16N4O. The molecule has 2 aromatic rings. The molecule has 1 N–H and O–H groups in total. The van der Waals surface area contributed by atoms with Crippen LogP contribution < -0.4 is 5.32 Å². The van der Waals surface area contributed by atoms with Crippen LogP contribution in [0.25, 0.3) is 5.69 Å². The first-order valence-corrected chi connectivity index (χ1v) is 6.20. The standard InChI is InChI=1S/C13H16N4O/c1-3-13(17-15-6-7-16-17)4-2-12(1)14-9-11-5-8-18-10-11/h1-4,6-7,11,14H,5,8-10H2. The van der Waals surface area contributed by atoms with E-state index in [2.05, 4.69) is 27.6 Å². The molecule has 0 saturated carbocycles. The van der Waals surface area contributed by atoms with Gasteiger partial charge in [0.1, 0.15) is 0 Å². The maximum absolute atomic E-state index is 5.35. The van der Waals surface area contributed by atoms with Gasteiger partial charge in [0.15, 0.2) is 0 Å². The van der Waals surface area contributed by atoms with Crippen LogP contribution in [0.4, 0.5) is 5.69 Å². The molecule has 0 bridgehead atoms. The molecule has 1 saturated heterocycles. The van der Waals surface area contributed by atoms with Crippen LogP contribution in [-0.2, 0) is 4.74 Å². The molecule has 5 nitrogen and oxygen atoms in total. The Morgan fingerprint density at radius 1 is 1.22 bits per heavy atom. The lowest BCUT2D eigenvalue weighted by Crippen LogP contribution is -2.14. The van der Waals surface area contributed by atoms with Crippen LogP contribution in [0.15, 0.2) is 36.7 Å². The summed E-state index contributed by atoms with van der Waals surface area (Å²) in [7, 11) is 0. The van der Waals surface area contributed by atoms with E-state index in [1.54, 1.807) is 17.2 Å². The van der Waals surface area contributed by atoms with Gasteiger partial charge in [-0.05, 0) is 30.7 Å². The third-order valence-electron chi connectivity index (χ3n) is 3.14. The second-order valence-corrected chi connectivity index (χ2v) is 4.48. The van der Waals surface area contributed by atoms with Crippen molar-refractivity contribution in [2.75, 3.05) is 25.1 Å². The molecule has 1 aliphatic rings. The maximum atomic E-state index is 5.35. The molecule has 1 atom stereocenters. The smallest absolute Gasteiger partial charge is 0.0858 e. The minimum Gasteiger partial charge on any atom is -0.385 e. The summed E-state index contributed by atoms with van der Waals surface area (Å²) in [6.45, 7) is 2.75. The highest BCUT2D eigenvalue weighted by Gasteiger charge is 2.14. The van der Waals surface area contributed by atoms with Crippen molar-refractivity contribution in [1.82, 2.24) is 15.0 Å². The number of nitrogens with zero attached hydrogens (tertiary/aromatic N) is 3. The van der Waals surface area contributed by atoms with Crippen LogP contribution in [0, 0.1) is 5.92 Å². The van der Waals surface area contributed by atoms with E-state index in [0.29, 0.717) is 5.92 Å². The van der Waals surface area contributed by atoms with Crippen molar-refractivity contribution in [3.8, 4) is 5.69 Å². The number of benzene rings is 1. The predicted octanol–water partition coefficient (Wildman–Crippen LogP) is 1.72. The van der Waals surface area contributed by atoms with E-state index < -0.39 is 0 Å². The van der Waals surface area contributed by atoms with E-state index in [0.717, 1.165) is 37.6 Å². The lowest BCUT2D eigenvalue weighted by atomic mass is 10.1. The molecule has 0 spiro atoms. The number of hydrogen-bond acceptors (Lipinski definition) is 4. The van der Waals surface area contributed by atoms with Crippen LogP contribution >= 0.6 is 0 Å². The van der Waals surface area contributed by atoms with Gasteiger partial charge in [-0.2, -0.15) is 15.0 Å². The predicted molar refractivity (Wildman–Crippen MR) is 68.8 cm³/mol. The molecule has 1 unspecified atom stereocenters. The van der Waals surface area contributed by atoms with Gasteiger partial charge in [0.25, 0.3) is 0 Å². The summed E-state index contributed by atoms with van der Waals surface area (Å²) in [5.74, 6) is 0.637. The zero-order valence-corrected chi connectivity index (χ0v) is 10.1. The SMILES string of the molecule is c1cnn(-c2ccc(NCC3CCOC3)cc2)n1. The summed E-state index contributed by atoms with van der Waals surface area (Å²) >= 11 is 0. The Kier molecular flexibility index (Phi) is 3.23. The van der Waals surface area contributed by atoms with Crippen LogP contribution in [0.5, 0.6) is 0 Å².